The van der Waals surface area contributed by atoms with Gasteiger partial charge in [0.1, 0.15) is 5.69 Å². The van der Waals surface area contributed by atoms with E-state index in [1.54, 1.807) is 18.3 Å². The second kappa shape index (κ2) is 11.7. The molecule has 2 heterocycles. The van der Waals surface area contributed by atoms with Gasteiger partial charge in [0.15, 0.2) is 0 Å². The Morgan fingerprint density at radius 1 is 1.06 bits per heavy atom. The van der Waals surface area contributed by atoms with Crippen LogP contribution in [-0.4, -0.2) is 65.4 Å². The third-order valence-corrected chi connectivity index (χ3v) is 6.50. The molecule has 1 aliphatic heterocycles. The van der Waals surface area contributed by atoms with Crippen molar-refractivity contribution in [2.24, 2.45) is 0 Å². The van der Waals surface area contributed by atoms with Crippen molar-refractivity contribution in [2.75, 3.05) is 45.1 Å². The Bertz CT molecular complexity index is 1170. The number of nitro groups is 1. The van der Waals surface area contributed by atoms with Crippen LogP contribution in [0.4, 0.5) is 11.4 Å². The minimum Gasteiger partial charge on any atom is -0.371 e. The highest BCUT2D eigenvalue weighted by Gasteiger charge is 2.24. The zero-order valence-corrected chi connectivity index (χ0v) is 20.6. The number of rotatable bonds is 9. The van der Waals surface area contributed by atoms with Crippen LogP contribution in [0.3, 0.4) is 0 Å². The van der Waals surface area contributed by atoms with E-state index in [1.807, 2.05) is 55.5 Å². The maximum atomic E-state index is 13.3. The van der Waals surface area contributed by atoms with Gasteiger partial charge in [-0.1, -0.05) is 36.4 Å². The molecule has 1 aliphatic rings. The Morgan fingerprint density at radius 3 is 2.44 bits per heavy atom. The number of nitrogens with zero attached hydrogens (tertiary/aromatic N) is 4. The van der Waals surface area contributed by atoms with Gasteiger partial charge >= 0.3 is 0 Å². The highest BCUT2D eigenvalue weighted by Crippen LogP contribution is 2.29. The van der Waals surface area contributed by atoms with Gasteiger partial charge in [-0.3, -0.25) is 24.8 Å². The van der Waals surface area contributed by atoms with Crippen molar-refractivity contribution in [1.29, 1.82) is 0 Å². The predicted molar refractivity (Wildman–Crippen MR) is 140 cm³/mol. The van der Waals surface area contributed by atoms with E-state index in [0.717, 1.165) is 37.4 Å². The quantitative estimate of drug-likeness (QED) is 0.348. The molecule has 2 N–H and O–H groups in total. The van der Waals surface area contributed by atoms with E-state index in [1.165, 1.54) is 6.07 Å². The summed E-state index contributed by atoms with van der Waals surface area (Å²) in [5.74, 6) is -0.342. The van der Waals surface area contributed by atoms with Crippen molar-refractivity contribution in [2.45, 2.75) is 19.0 Å². The van der Waals surface area contributed by atoms with Gasteiger partial charge < -0.3 is 15.5 Å². The molecule has 1 amide bonds. The lowest BCUT2D eigenvalue weighted by molar-refractivity contribution is -0.384. The molecule has 1 fully saturated rings. The van der Waals surface area contributed by atoms with Crippen LogP contribution < -0.4 is 10.6 Å². The van der Waals surface area contributed by atoms with Gasteiger partial charge in [-0.05, 0) is 43.8 Å². The van der Waals surface area contributed by atoms with E-state index in [9.17, 15) is 14.9 Å². The second-order valence-corrected chi connectivity index (χ2v) is 9.15. The largest absolute Gasteiger partial charge is 0.371 e. The Labute approximate surface area is 211 Å². The fourth-order valence-corrected chi connectivity index (χ4v) is 4.34. The molecule has 0 aliphatic carbocycles. The van der Waals surface area contributed by atoms with E-state index in [2.05, 4.69) is 32.5 Å². The number of piperazine rings is 1. The predicted octanol–water partition coefficient (Wildman–Crippen LogP) is 3.88. The van der Waals surface area contributed by atoms with Gasteiger partial charge in [0.25, 0.3) is 11.6 Å². The first-order valence-corrected chi connectivity index (χ1v) is 12.1. The molecule has 2 aromatic carbocycles. The maximum Gasteiger partial charge on any atom is 0.293 e. The van der Waals surface area contributed by atoms with Crippen molar-refractivity contribution in [3.8, 4) is 0 Å². The van der Waals surface area contributed by atoms with Gasteiger partial charge in [-0.2, -0.15) is 0 Å². The molecular weight excluding hydrogens is 456 g/mol. The molecule has 0 spiro atoms. The summed E-state index contributed by atoms with van der Waals surface area (Å²) in [5, 5.41) is 18.1. The first-order chi connectivity index (χ1) is 17.4. The number of carbonyl (C=O) groups excluding carboxylic acids is 1. The van der Waals surface area contributed by atoms with Crippen LogP contribution in [0.15, 0.2) is 72.9 Å². The van der Waals surface area contributed by atoms with Crippen LogP contribution in [0.5, 0.6) is 0 Å². The molecule has 0 bridgehead atoms. The minimum atomic E-state index is -0.469. The normalized spacial score (nSPS) is 16.2. The Hall–Kier alpha value is -3.82. The molecule has 188 valence electrons. The highest BCUT2D eigenvalue weighted by molar-refractivity contribution is 5.96. The van der Waals surface area contributed by atoms with Crippen molar-refractivity contribution >= 4 is 17.3 Å². The average Bonchev–Trinajstić information content (AvgIpc) is 2.90. The molecule has 0 saturated carbocycles. The fourth-order valence-electron chi connectivity index (χ4n) is 4.34. The van der Waals surface area contributed by atoms with Crippen LogP contribution in [0.2, 0.25) is 0 Å². The van der Waals surface area contributed by atoms with Gasteiger partial charge in [-0.15, -0.1) is 0 Å². The summed E-state index contributed by atoms with van der Waals surface area (Å²) in [4.78, 5) is 33.6. The third-order valence-electron chi connectivity index (χ3n) is 6.50. The summed E-state index contributed by atoms with van der Waals surface area (Å²) in [6.45, 7) is 6.37. The number of pyridine rings is 1. The standard InChI is InChI=1S/C27H32N6O3/c1-20(23-10-6-7-13-28-23)29-24-12-11-22(18-26(24)33(35)36)27(34)30-25(21-8-4-3-5-9-21)19-32-16-14-31(2)15-17-32/h3-13,18,20,25,29H,14-17,19H2,1-2H3,(H,30,34). The topological polar surface area (TPSA) is 104 Å². The molecule has 2 unspecified atom stereocenters. The zero-order valence-electron chi connectivity index (χ0n) is 20.6. The average molecular weight is 489 g/mol. The van der Waals surface area contributed by atoms with Gasteiger partial charge in [0, 0.05) is 50.6 Å². The van der Waals surface area contributed by atoms with Gasteiger partial charge in [0.2, 0.25) is 0 Å². The molecule has 1 aromatic heterocycles. The monoisotopic (exact) mass is 488 g/mol. The van der Waals surface area contributed by atoms with Gasteiger partial charge in [0.05, 0.1) is 22.7 Å². The summed E-state index contributed by atoms with van der Waals surface area (Å²) in [6.07, 6.45) is 1.68. The number of carbonyl (C=O) groups is 1. The molecule has 3 aromatic rings. The zero-order chi connectivity index (χ0) is 25.5. The molecular formula is C27H32N6O3. The smallest absolute Gasteiger partial charge is 0.293 e. The van der Waals surface area contributed by atoms with E-state index in [4.69, 9.17) is 0 Å². The number of benzene rings is 2. The Balaban J connectivity index is 1.52. The summed E-state index contributed by atoms with van der Waals surface area (Å²) in [6, 6.07) is 19.4. The number of anilines is 1. The molecule has 4 rings (SSSR count). The summed E-state index contributed by atoms with van der Waals surface area (Å²) < 4.78 is 0. The summed E-state index contributed by atoms with van der Waals surface area (Å²) in [5.41, 5.74) is 2.20. The number of likely N-dealkylation sites (N-methyl/N-ethyl adjacent to an activating group) is 1. The lowest BCUT2D eigenvalue weighted by atomic mass is 10.0. The van der Waals surface area contributed by atoms with Crippen LogP contribution in [0, 0.1) is 10.1 Å². The number of nitro benzene ring substituents is 1. The lowest BCUT2D eigenvalue weighted by Crippen LogP contribution is -2.47. The third kappa shape index (κ3) is 6.44. The first-order valence-electron chi connectivity index (χ1n) is 12.1. The number of aromatic nitrogens is 1. The van der Waals surface area contributed by atoms with E-state index in [-0.39, 0.29) is 29.2 Å². The number of hydrogen-bond donors (Lipinski definition) is 2. The molecule has 36 heavy (non-hydrogen) atoms. The van der Waals surface area contributed by atoms with Crippen molar-refractivity contribution in [1.82, 2.24) is 20.1 Å². The van der Waals surface area contributed by atoms with E-state index >= 15 is 0 Å². The van der Waals surface area contributed by atoms with E-state index < -0.39 is 4.92 Å². The SMILES string of the molecule is CC(Nc1ccc(C(=O)NC(CN2CCN(C)CC2)c2ccccc2)cc1[N+](=O)[O-])c1ccccn1. The summed E-state index contributed by atoms with van der Waals surface area (Å²) >= 11 is 0. The van der Waals surface area contributed by atoms with Crippen molar-refractivity contribution in [3.05, 3.63) is 99.9 Å². The van der Waals surface area contributed by atoms with Crippen LogP contribution in [0.25, 0.3) is 0 Å². The molecule has 9 nitrogen and oxygen atoms in total. The number of hydrogen-bond acceptors (Lipinski definition) is 7. The fraction of sp³-hybridized carbons (Fsp3) is 0.333. The highest BCUT2D eigenvalue weighted by atomic mass is 16.6. The minimum absolute atomic E-state index is 0.152. The number of amides is 1. The molecule has 2 atom stereocenters. The molecule has 9 heteroatoms. The van der Waals surface area contributed by atoms with Crippen LogP contribution in [0.1, 0.15) is 40.6 Å². The first kappa shape index (κ1) is 25.3. The number of nitrogens with one attached hydrogen (secondary N) is 2. The van der Waals surface area contributed by atoms with Gasteiger partial charge in [-0.25, -0.2) is 0 Å². The van der Waals surface area contributed by atoms with E-state index in [0.29, 0.717) is 12.2 Å². The van der Waals surface area contributed by atoms with Crippen LogP contribution >= 0.6 is 0 Å². The van der Waals surface area contributed by atoms with Crippen LogP contribution in [-0.2, 0) is 0 Å². The van der Waals surface area contributed by atoms with Crippen molar-refractivity contribution < 1.29 is 9.72 Å². The molecule has 1 saturated heterocycles. The maximum absolute atomic E-state index is 13.3. The Morgan fingerprint density at radius 2 is 1.78 bits per heavy atom. The Kier molecular flexibility index (Phi) is 8.24. The second-order valence-electron chi connectivity index (χ2n) is 9.15. The lowest BCUT2D eigenvalue weighted by Gasteiger charge is -2.35. The van der Waals surface area contributed by atoms with Crippen molar-refractivity contribution in [3.63, 3.8) is 0 Å². The molecule has 0 radical (unpaired) electrons. The summed E-state index contributed by atoms with van der Waals surface area (Å²) in [7, 11) is 2.11.